The number of hydrogen-bond donors (Lipinski definition) is 0. The number of carbonyl (C=O) groups is 1. The number of anilines is 1. The van der Waals surface area contributed by atoms with E-state index in [0.717, 1.165) is 22.7 Å². The third kappa shape index (κ3) is 3.78. The quantitative estimate of drug-likeness (QED) is 0.259. The summed E-state index contributed by atoms with van der Waals surface area (Å²) < 4.78 is 59.5. The molecule has 0 aliphatic carbocycles. The number of furan rings is 1. The zero-order chi connectivity index (χ0) is 21.5. The van der Waals surface area contributed by atoms with E-state index in [0.29, 0.717) is 0 Å². The molecule has 0 radical (unpaired) electrons. The van der Waals surface area contributed by atoms with Crippen molar-refractivity contribution in [2.75, 3.05) is 4.90 Å². The highest BCUT2D eigenvalue weighted by molar-refractivity contribution is 8.27. The molecule has 1 aliphatic rings. The van der Waals surface area contributed by atoms with E-state index in [1.165, 1.54) is 54.6 Å². The molecule has 2 aromatic carbocycles. The van der Waals surface area contributed by atoms with Crippen molar-refractivity contribution in [3.8, 4) is 11.3 Å². The summed E-state index contributed by atoms with van der Waals surface area (Å²) in [5.41, 5.74) is -0.900. The molecule has 0 N–H and O–H groups in total. The summed E-state index contributed by atoms with van der Waals surface area (Å²) in [4.78, 5) is 14.0. The van der Waals surface area contributed by atoms with Crippen molar-refractivity contribution in [2.24, 2.45) is 0 Å². The van der Waals surface area contributed by atoms with Gasteiger partial charge < -0.3 is 4.42 Å². The molecule has 1 amide bonds. The lowest BCUT2D eigenvalue weighted by molar-refractivity contribution is -0.137. The second-order valence-corrected chi connectivity index (χ2v) is 7.89. The molecular weight excluding hydrogens is 438 g/mol. The average Bonchev–Trinajstić information content (AvgIpc) is 3.27. The Kier molecular flexibility index (Phi) is 5.25. The molecule has 4 rings (SSSR count). The molecule has 0 atom stereocenters. The third-order valence-electron chi connectivity index (χ3n) is 4.29. The molecule has 0 saturated carbocycles. The van der Waals surface area contributed by atoms with Gasteiger partial charge in [-0.25, -0.2) is 4.39 Å². The van der Waals surface area contributed by atoms with E-state index in [1.807, 2.05) is 0 Å². The second kappa shape index (κ2) is 7.73. The SMILES string of the molecule is O=C1/C(=C/c2ccc(-c3ccccc3C(F)(F)F)o2)SC(=S)N1c1ccccc1F. The van der Waals surface area contributed by atoms with Crippen LogP contribution in [-0.2, 0) is 11.0 Å². The van der Waals surface area contributed by atoms with Crippen LogP contribution >= 0.6 is 24.0 Å². The van der Waals surface area contributed by atoms with Crippen LogP contribution in [0.4, 0.5) is 23.2 Å². The number of para-hydroxylation sites is 1. The number of alkyl halides is 3. The van der Waals surface area contributed by atoms with Crippen LogP contribution in [0.2, 0.25) is 0 Å². The number of thioether (sulfide) groups is 1. The Balaban J connectivity index is 1.66. The maximum Gasteiger partial charge on any atom is 0.417 e. The lowest BCUT2D eigenvalue weighted by atomic mass is 10.1. The third-order valence-corrected chi connectivity index (χ3v) is 5.59. The summed E-state index contributed by atoms with van der Waals surface area (Å²) in [5.74, 6) is -0.947. The van der Waals surface area contributed by atoms with Gasteiger partial charge in [0.15, 0.2) is 4.32 Å². The van der Waals surface area contributed by atoms with Gasteiger partial charge in [0.2, 0.25) is 0 Å². The minimum absolute atomic E-state index is 0.0127. The number of rotatable bonds is 3. The Hall–Kier alpha value is -2.91. The fourth-order valence-corrected chi connectivity index (χ4v) is 4.22. The van der Waals surface area contributed by atoms with Gasteiger partial charge in [0, 0.05) is 11.6 Å². The number of carbonyl (C=O) groups excluding carboxylic acids is 1. The topological polar surface area (TPSA) is 33.5 Å². The predicted octanol–water partition coefficient (Wildman–Crippen LogP) is 6.51. The average molecular weight is 449 g/mol. The monoisotopic (exact) mass is 449 g/mol. The van der Waals surface area contributed by atoms with Crippen LogP contribution in [0.1, 0.15) is 11.3 Å². The van der Waals surface area contributed by atoms with Crippen molar-refractivity contribution in [3.63, 3.8) is 0 Å². The first kappa shape index (κ1) is 20.4. The molecular formula is C21H11F4NO2S2. The number of thiocarbonyl (C=S) groups is 1. The molecule has 2 heterocycles. The molecule has 1 saturated heterocycles. The fraction of sp³-hybridized carbons (Fsp3) is 0.0476. The van der Waals surface area contributed by atoms with E-state index >= 15 is 0 Å². The summed E-state index contributed by atoms with van der Waals surface area (Å²) in [6, 6.07) is 13.6. The maximum atomic E-state index is 14.1. The Morgan fingerprint density at radius 1 is 1.00 bits per heavy atom. The first-order chi connectivity index (χ1) is 14.3. The Morgan fingerprint density at radius 3 is 2.43 bits per heavy atom. The molecule has 3 nitrogen and oxygen atoms in total. The van der Waals surface area contributed by atoms with Crippen LogP contribution in [0, 0.1) is 5.82 Å². The Labute approximate surface area is 178 Å². The van der Waals surface area contributed by atoms with Crippen molar-refractivity contribution >= 4 is 46.0 Å². The molecule has 0 unspecified atom stereocenters. The van der Waals surface area contributed by atoms with E-state index in [4.69, 9.17) is 16.6 Å². The number of halogens is 4. The summed E-state index contributed by atoms with van der Waals surface area (Å²) >= 11 is 6.15. The van der Waals surface area contributed by atoms with Gasteiger partial charge in [0.25, 0.3) is 5.91 Å². The van der Waals surface area contributed by atoms with Crippen LogP contribution in [0.3, 0.4) is 0 Å². The van der Waals surface area contributed by atoms with Crippen molar-refractivity contribution in [3.05, 3.63) is 82.7 Å². The molecule has 1 aliphatic heterocycles. The zero-order valence-electron chi connectivity index (χ0n) is 14.9. The molecule has 1 fully saturated rings. The molecule has 3 aromatic rings. The fourth-order valence-electron chi connectivity index (χ4n) is 2.96. The Bertz CT molecular complexity index is 1180. The lowest BCUT2D eigenvalue weighted by Gasteiger charge is -2.14. The van der Waals surface area contributed by atoms with Gasteiger partial charge in [-0.2, -0.15) is 13.2 Å². The minimum Gasteiger partial charge on any atom is -0.457 e. The van der Waals surface area contributed by atoms with Crippen LogP contribution in [0.5, 0.6) is 0 Å². The number of nitrogens with zero attached hydrogens (tertiary/aromatic N) is 1. The predicted molar refractivity (Wildman–Crippen MR) is 111 cm³/mol. The van der Waals surface area contributed by atoms with E-state index in [2.05, 4.69) is 0 Å². The molecule has 152 valence electrons. The van der Waals surface area contributed by atoms with Crippen LogP contribution in [0.25, 0.3) is 17.4 Å². The molecule has 0 bridgehead atoms. The normalized spacial score (nSPS) is 16.0. The molecule has 0 spiro atoms. The van der Waals surface area contributed by atoms with Crippen molar-refractivity contribution < 1.29 is 26.8 Å². The highest BCUT2D eigenvalue weighted by atomic mass is 32.2. The zero-order valence-corrected chi connectivity index (χ0v) is 16.6. The van der Waals surface area contributed by atoms with E-state index in [-0.39, 0.29) is 32.0 Å². The van der Waals surface area contributed by atoms with Gasteiger partial charge >= 0.3 is 6.18 Å². The van der Waals surface area contributed by atoms with Gasteiger partial charge in [-0.05, 0) is 30.3 Å². The van der Waals surface area contributed by atoms with Gasteiger partial charge in [-0.15, -0.1) is 0 Å². The highest BCUT2D eigenvalue weighted by Gasteiger charge is 2.36. The van der Waals surface area contributed by atoms with Crippen molar-refractivity contribution in [1.82, 2.24) is 0 Å². The first-order valence-electron chi connectivity index (χ1n) is 8.54. The van der Waals surface area contributed by atoms with Gasteiger partial charge in [-0.3, -0.25) is 9.69 Å². The molecule has 9 heteroatoms. The van der Waals surface area contributed by atoms with Gasteiger partial charge in [0.1, 0.15) is 17.3 Å². The van der Waals surface area contributed by atoms with E-state index in [9.17, 15) is 22.4 Å². The number of amides is 1. The number of hydrogen-bond acceptors (Lipinski definition) is 4. The van der Waals surface area contributed by atoms with Crippen LogP contribution < -0.4 is 4.90 Å². The smallest absolute Gasteiger partial charge is 0.417 e. The summed E-state index contributed by atoms with van der Waals surface area (Å²) in [5, 5.41) is 0. The molecule has 1 aromatic heterocycles. The largest absolute Gasteiger partial charge is 0.457 e. The summed E-state index contributed by atoms with van der Waals surface area (Å²) in [6.45, 7) is 0. The lowest BCUT2D eigenvalue weighted by Crippen LogP contribution is -2.28. The van der Waals surface area contributed by atoms with Crippen LogP contribution in [0.15, 0.2) is 70.0 Å². The second-order valence-electron chi connectivity index (χ2n) is 6.21. The van der Waals surface area contributed by atoms with E-state index < -0.39 is 23.5 Å². The van der Waals surface area contributed by atoms with E-state index in [1.54, 1.807) is 6.07 Å². The summed E-state index contributed by atoms with van der Waals surface area (Å²) in [7, 11) is 0. The number of benzene rings is 2. The standard InChI is InChI=1S/C21H11F4NO2S2/c22-15-7-3-4-8-16(15)26-19(27)18(30-20(26)29)11-12-9-10-17(28-12)13-5-1-2-6-14(13)21(23,24)25/h1-11H/b18-11-. The maximum absolute atomic E-state index is 14.1. The summed E-state index contributed by atoms with van der Waals surface area (Å²) in [6.07, 6.45) is -3.16. The first-order valence-corrected chi connectivity index (χ1v) is 9.77. The van der Waals surface area contributed by atoms with Crippen molar-refractivity contribution in [2.45, 2.75) is 6.18 Å². The molecule has 30 heavy (non-hydrogen) atoms. The van der Waals surface area contributed by atoms with Crippen LogP contribution in [-0.4, -0.2) is 10.2 Å². The van der Waals surface area contributed by atoms with Gasteiger partial charge in [0.05, 0.1) is 16.2 Å². The van der Waals surface area contributed by atoms with Gasteiger partial charge in [-0.1, -0.05) is 54.3 Å². The highest BCUT2D eigenvalue weighted by Crippen LogP contribution is 2.39. The Morgan fingerprint density at radius 2 is 1.70 bits per heavy atom. The minimum atomic E-state index is -4.54. The van der Waals surface area contributed by atoms with Crippen molar-refractivity contribution in [1.29, 1.82) is 0 Å².